The molecule has 1 aliphatic rings. The summed E-state index contributed by atoms with van der Waals surface area (Å²) in [6, 6.07) is 0. The minimum absolute atomic E-state index is 0.142. The van der Waals surface area contributed by atoms with Gasteiger partial charge in [0.25, 0.3) is 11.8 Å². The molecule has 0 spiro atoms. The molecule has 2 amide bonds. The Labute approximate surface area is 112 Å². The van der Waals surface area contributed by atoms with Crippen molar-refractivity contribution in [1.82, 2.24) is 15.3 Å². The first-order valence-electron chi connectivity index (χ1n) is 6.30. The highest BCUT2D eigenvalue weighted by molar-refractivity contribution is 6.19. The van der Waals surface area contributed by atoms with Crippen molar-refractivity contribution >= 4 is 11.8 Å². The van der Waals surface area contributed by atoms with Crippen LogP contribution >= 0.6 is 0 Å². The van der Waals surface area contributed by atoms with Crippen LogP contribution in [0.5, 0.6) is 0 Å². The van der Waals surface area contributed by atoms with Gasteiger partial charge in [-0.2, -0.15) is 0 Å². The molecule has 0 aliphatic carbocycles. The molecule has 0 aromatic carbocycles. The zero-order valence-corrected chi connectivity index (χ0v) is 12.2. The van der Waals surface area contributed by atoms with Crippen molar-refractivity contribution in [3.05, 3.63) is 22.8 Å². The Hall–Kier alpha value is -1.78. The molecule has 5 nitrogen and oxygen atoms in total. The van der Waals surface area contributed by atoms with Gasteiger partial charge in [-0.25, -0.2) is 9.97 Å². The maximum Gasteiger partial charge on any atom is 0.279 e. The molecule has 19 heavy (non-hydrogen) atoms. The van der Waals surface area contributed by atoms with Crippen LogP contribution < -0.4 is 5.32 Å². The summed E-state index contributed by atoms with van der Waals surface area (Å²) in [7, 11) is 0. The lowest BCUT2D eigenvalue weighted by atomic mass is 9.81. The van der Waals surface area contributed by atoms with Crippen LogP contribution in [0.1, 0.15) is 73.9 Å². The summed E-state index contributed by atoms with van der Waals surface area (Å²) in [5.74, 6) is -0.920. The maximum absolute atomic E-state index is 11.7. The average molecular weight is 261 g/mol. The highest BCUT2D eigenvalue weighted by atomic mass is 16.2. The third-order valence-electron chi connectivity index (χ3n) is 2.97. The van der Waals surface area contributed by atoms with E-state index in [-0.39, 0.29) is 22.2 Å². The molecule has 0 saturated carbocycles. The Bertz CT molecular complexity index is 527. The molecular formula is C14H19N3O2. The Morgan fingerprint density at radius 1 is 0.737 bits per heavy atom. The lowest BCUT2D eigenvalue weighted by Crippen LogP contribution is -2.27. The van der Waals surface area contributed by atoms with Crippen molar-refractivity contribution in [2.24, 2.45) is 0 Å². The average Bonchev–Trinajstić information content (AvgIpc) is 2.50. The van der Waals surface area contributed by atoms with E-state index < -0.39 is 11.8 Å². The van der Waals surface area contributed by atoms with E-state index in [1.165, 1.54) is 0 Å². The quantitative estimate of drug-likeness (QED) is 0.725. The summed E-state index contributed by atoms with van der Waals surface area (Å²) in [4.78, 5) is 32.2. The molecular weight excluding hydrogens is 242 g/mol. The standard InChI is InChI=1S/C14H19N3O2/c1-13(2,3)9-10(14(4,5)6)16-8-7(15-9)11(18)17-12(8)19/h1-6H3,(H,17,18,19). The fourth-order valence-electron chi connectivity index (χ4n) is 2.02. The van der Waals surface area contributed by atoms with E-state index in [1.54, 1.807) is 0 Å². The van der Waals surface area contributed by atoms with Crippen LogP contribution in [0.2, 0.25) is 0 Å². The molecule has 2 rings (SSSR count). The van der Waals surface area contributed by atoms with Gasteiger partial charge in [-0.1, -0.05) is 41.5 Å². The fraction of sp³-hybridized carbons (Fsp3) is 0.571. The van der Waals surface area contributed by atoms with Crippen LogP contribution in [0.15, 0.2) is 0 Å². The summed E-state index contributed by atoms with van der Waals surface area (Å²) in [6.07, 6.45) is 0. The number of hydrogen-bond donors (Lipinski definition) is 1. The smallest absolute Gasteiger partial charge is 0.279 e. The third kappa shape index (κ3) is 2.25. The second-order valence-electron chi connectivity index (χ2n) is 6.90. The number of carbonyl (C=O) groups is 2. The number of amides is 2. The maximum atomic E-state index is 11.7. The van der Waals surface area contributed by atoms with E-state index in [9.17, 15) is 9.59 Å². The molecule has 0 saturated heterocycles. The van der Waals surface area contributed by atoms with E-state index in [1.807, 2.05) is 41.5 Å². The molecule has 1 N–H and O–H groups in total. The van der Waals surface area contributed by atoms with Gasteiger partial charge in [0.2, 0.25) is 0 Å². The molecule has 1 aliphatic heterocycles. The first-order chi connectivity index (χ1) is 8.51. The Balaban J connectivity index is 2.78. The number of imide groups is 1. The minimum Gasteiger partial charge on any atom is -0.285 e. The predicted molar refractivity (Wildman–Crippen MR) is 71.2 cm³/mol. The van der Waals surface area contributed by atoms with Gasteiger partial charge in [-0.05, 0) is 0 Å². The van der Waals surface area contributed by atoms with Crippen molar-refractivity contribution in [3.63, 3.8) is 0 Å². The van der Waals surface area contributed by atoms with Crippen LogP contribution in [0, 0.1) is 0 Å². The number of rotatable bonds is 0. The van der Waals surface area contributed by atoms with E-state index in [0.29, 0.717) is 0 Å². The Morgan fingerprint density at radius 3 is 1.32 bits per heavy atom. The predicted octanol–water partition coefficient (Wildman–Crippen LogP) is 1.96. The van der Waals surface area contributed by atoms with Gasteiger partial charge in [0, 0.05) is 10.8 Å². The van der Waals surface area contributed by atoms with Crippen molar-refractivity contribution in [1.29, 1.82) is 0 Å². The summed E-state index contributed by atoms with van der Waals surface area (Å²) < 4.78 is 0. The van der Waals surface area contributed by atoms with E-state index in [4.69, 9.17) is 0 Å². The highest BCUT2D eigenvalue weighted by Gasteiger charge is 2.36. The zero-order chi connectivity index (χ0) is 14.6. The molecule has 5 heteroatoms. The molecule has 0 fully saturated rings. The van der Waals surface area contributed by atoms with Gasteiger partial charge in [-0.15, -0.1) is 0 Å². The third-order valence-corrected chi connectivity index (χ3v) is 2.97. The molecule has 0 bridgehead atoms. The fourth-order valence-corrected chi connectivity index (χ4v) is 2.02. The number of nitrogens with one attached hydrogen (secondary N) is 1. The molecule has 1 aromatic rings. The van der Waals surface area contributed by atoms with Crippen molar-refractivity contribution < 1.29 is 9.59 Å². The van der Waals surface area contributed by atoms with Crippen LogP contribution in [-0.2, 0) is 10.8 Å². The molecule has 0 unspecified atom stereocenters. The van der Waals surface area contributed by atoms with Crippen LogP contribution in [0.4, 0.5) is 0 Å². The molecule has 0 radical (unpaired) electrons. The summed E-state index contributed by atoms with van der Waals surface area (Å²) in [5, 5.41) is 2.24. The minimum atomic E-state index is -0.460. The number of carbonyl (C=O) groups excluding carboxylic acids is 2. The lowest BCUT2D eigenvalue weighted by Gasteiger charge is -2.27. The number of hydrogen-bond acceptors (Lipinski definition) is 4. The largest absolute Gasteiger partial charge is 0.285 e. The highest BCUT2D eigenvalue weighted by Crippen LogP contribution is 2.32. The number of fused-ring (bicyclic) bond motifs is 1. The van der Waals surface area contributed by atoms with E-state index in [2.05, 4.69) is 15.3 Å². The summed E-state index contributed by atoms with van der Waals surface area (Å²) in [5.41, 5.74) is 1.34. The summed E-state index contributed by atoms with van der Waals surface area (Å²) in [6.45, 7) is 12.1. The second kappa shape index (κ2) is 3.85. The molecule has 1 aromatic heterocycles. The van der Waals surface area contributed by atoms with E-state index >= 15 is 0 Å². The van der Waals surface area contributed by atoms with Crippen molar-refractivity contribution in [2.75, 3.05) is 0 Å². The zero-order valence-electron chi connectivity index (χ0n) is 12.2. The van der Waals surface area contributed by atoms with Gasteiger partial charge in [0.1, 0.15) is 0 Å². The van der Waals surface area contributed by atoms with Crippen molar-refractivity contribution in [2.45, 2.75) is 52.4 Å². The topological polar surface area (TPSA) is 72.0 Å². The number of nitrogens with zero attached hydrogens (tertiary/aromatic N) is 2. The molecule has 2 heterocycles. The Morgan fingerprint density at radius 2 is 1.05 bits per heavy atom. The first kappa shape index (κ1) is 13.6. The normalized spacial score (nSPS) is 15.5. The van der Waals surface area contributed by atoms with Gasteiger partial charge in [-0.3, -0.25) is 14.9 Å². The molecule has 0 atom stereocenters. The lowest BCUT2D eigenvalue weighted by molar-refractivity contribution is 0.0876. The van der Waals surface area contributed by atoms with Crippen LogP contribution in [-0.4, -0.2) is 21.8 Å². The second-order valence-corrected chi connectivity index (χ2v) is 6.90. The van der Waals surface area contributed by atoms with E-state index in [0.717, 1.165) is 11.4 Å². The van der Waals surface area contributed by atoms with Gasteiger partial charge in [0.05, 0.1) is 11.4 Å². The molecule has 102 valence electrons. The van der Waals surface area contributed by atoms with Crippen molar-refractivity contribution in [3.8, 4) is 0 Å². The summed E-state index contributed by atoms with van der Waals surface area (Å²) >= 11 is 0. The van der Waals surface area contributed by atoms with Gasteiger partial charge in [0.15, 0.2) is 11.4 Å². The SMILES string of the molecule is CC(C)(C)c1nc2c(nc1C(C)(C)C)C(=O)NC2=O. The Kier molecular flexibility index (Phi) is 2.77. The van der Waals surface area contributed by atoms with Gasteiger partial charge >= 0.3 is 0 Å². The first-order valence-corrected chi connectivity index (χ1v) is 6.30. The van der Waals surface area contributed by atoms with Crippen LogP contribution in [0.3, 0.4) is 0 Å². The number of aromatic nitrogens is 2. The monoisotopic (exact) mass is 261 g/mol. The van der Waals surface area contributed by atoms with Crippen LogP contribution in [0.25, 0.3) is 0 Å². The van der Waals surface area contributed by atoms with Gasteiger partial charge < -0.3 is 0 Å².